The summed E-state index contributed by atoms with van der Waals surface area (Å²) in [6, 6.07) is 16.2. The van der Waals surface area contributed by atoms with Gasteiger partial charge in [-0.25, -0.2) is 8.42 Å². The first-order valence-corrected chi connectivity index (χ1v) is 10.2. The van der Waals surface area contributed by atoms with Crippen molar-refractivity contribution in [3.63, 3.8) is 0 Å². The molecule has 0 spiro atoms. The lowest BCUT2D eigenvalue weighted by Crippen LogP contribution is -2.12. The predicted octanol–water partition coefficient (Wildman–Crippen LogP) is 3.89. The van der Waals surface area contributed by atoms with Gasteiger partial charge in [0, 0.05) is 11.9 Å². The molecule has 0 saturated heterocycles. The van der Waals surface area contributed by atoms with Crippen LogP contribution in [0.5, 0.6) is 0 Å². The van der Waals surface area contributed by atoms with Crippen molar-refractivity contribution in [2.45, 2.75) is 40.6 Å². The van der Waals surface area contributed by atoms with Crippen LogP contribution in [0.2, 0.25) is 0 Å². The summed E-state index contributed by atoms with van der Waals surface area (Å²) in [5.74, 6) is 0. The molecule has 24 heavy (non-hydrogen) atoms. The highest BCUT2D eigenvalue weighted by molar-refractivity contribution is 8.00. The van der Waals surface area contributed by atoms with Crippen molar-refractivity contribution < 1.29 is 8.42 Å². The number of hydrogen-bond acceptors (Lipinski definition) is 4. The first kappa shape index (κ1) is 17.1. The lowest BCUT2D eigenvalue weighted by atomic mass is 10.2. The highest BCUT2D eigenvalue weighted by atomic mass is 32.2. The van der Waals surface area contributed by atoms with Gasteiger partial charge in [-0.1, -0.05) is 48.2 Å². The predicted molar refractivity (Wildman–Crippen MR) is 99.0 cm³/mol. The fourth-order valence-electron chi connectivity index (χ4n) is 2.83. The van der Waals surface area contributed by atoms with Crippen molar-refractivity contribution in [1.29, 1.82) is 0 Å². The highest BCUT2D eigenvalue weighted by Gasteiger charge is 2.29. The average Bonchev–Trinajstić information content (AvgIpc) is 2.88. The Morgan fingerprint density at radius 1 is 1.08 bits per heavy atom. The van der Waals surface area contributed by atoms with Crippen molar-refractivity contribution in [1.82, 2.24) is 4.57 Å². The zero-order valence-corrected chi connectivity index (χ0v) is 15.3. The zero-order chi connectivity index (χ0) is 17.3. The number of fused-ring (bicyclic) bond motifs is 1. The molecule has 3 aromatic rings. The second kappa shape index (κ2) is 6.63. The zero-order valence-electron chi connectivity index (χ0n) is 13.6. The molecule has 0 fully saturated rings. The van der Waals surface area contributed by atoms with E-state index in [1.807, 2.05) is 48.7 Å². The number of nitrogens with two attached hydrogens (primary N) is 1. The molecule has 6 heteroatoms. The Morgan fingerprint density at radius 2 is 1.71 bits per heavy atom. The summed E-state index contributed by atoms with van der Waals surface area (Å²) in [5, 5.41) is 1.24. The Hall–Kier alpha value is -1.76. The van der Waals surface area contributed by atoms with E-state index in [0.717, 1.165) is 10.9 Å². The van der Waals surface area contributed by atoms with Crippen LogP contribution < -0.4 is 5.73 Å². The monoisotopic (exact) mass is 360 g/mol. The summed E-state index contributed by atoms with van der Waals surface area (Å²) in [5.41, 5.74) is 6.89. The largest absolute Gasteiger partial charge is 0.335 e. The Kier molecular flexibility index (Phi) is 4.71. The number of nitrogens with zero attached hydrogens (tertiary/aromatic N) is 1. The Morgan fingerprint density at radius 3 is 2.33 bits per heavy atom. The fraction of sp³-hybridized carbons (Fsp3) is 0.222. The van der Waals surface area contributed by atoms with E-state index in [1.165, 1.54) is 11.8 Å². The van der Waals surface area contributed by atoms with Gasteiger partial charge in [0.2, 0.25) is 9.84 Å². The molecule has 0 aliphatic heterocycles. The third-order valence-electron chi connectivity index (χ3n) is 3.81. The SMILES string of the molecule is CCn1c(SC(C)N)c(S(=O)(=O)c2ccccc2)c2ccccc21. The van der Waals surface area contributed by atoms with Gasteiger partial charge in [-0.15, -0.1) is 0 Å². The molecule has 0 aliphatic rings. The van der Waals surface area contributed by atoms with Crippen LogP contribution in [-0.4, -0.2) is 18.4 Å². The third-order valence-corrected chi connectivity index (χ3v) is 6.81. The van der Waals surface area contributed by atoms with Crippen LogP contribution >= 0.6 is 11.8 Å². The standard InChI is InChI=1S/C18H20N2O2S2/c1-3-20-16-12-8-7-11-15(16)17(18(20)23-13(2)19)24(21,22)14-9-5-4-6-10-14/h4-13H,3,19H2,1-2H3. The Balaban J connectivity index is 2.38. The van der Waals surface area contributed by atoms with Crippen molar-refractivity contribution >= 4 is 32.5 Å². The highest BCUT2D eigenvalue weighted by Crippen LogP contribution is 2.40. The molecule has 1 unspecified atom stereocenters. The number of aryl methyl sites for hydroxylation is 1. The Labute approximate surface area is 146 Å². The van der Waals surface area contributed by atoms with Crippen LogP contribution in [0.25, 0.3) is 10.9 Å². The molecule has 0 amide bonds. The van der Waals surface area contributed by atoms with Crippen molar-refractivity contribution in [2.75, 3.05) is 0 Å². The van der Waals surface area contributed by atoms with Gasteiger partial charge >= 0.3 is 0 Å². The summed E-state index contributed by atoms with van der Waals surface area (Å²) in [6.07, 6.45) is 0. The van der Waals surface area contributed by atoms with E-state index < -0.39 is 9.84 Å². The molecule has 1 atom stereocenters. The van der Waals surface area contributed by atoms with Gasteiger partial charge in [0.25, 0.3) is 0 Å². The summed E-state index contributed by atoms with van der Waals surface area (Å²) < 4.78 is 28.7. The second-order valence-electron chi connectivity index (χ2n) is 5.54. The Bertz CT molecular complexity index is 961. The van der Waals surface area contributed by atoms with E-state index in [0.29, 0.717) is 21.4 Å². The molecule has 126 valence electrons. The van der Waals surface area contributed by atoms with E-state index in [-0.39, 0.29) is 5.37 Å². The van der Waals surface area contributed by atoms with E-state index in [4.69, 9.17) is 5.73 Å². The molecule has 3 rings (SSSR count). The quantitative estimate of drug-likeness (QED) is 0.554. The number of aromatic nitrogens is 1. The lowest BCUT2D eigenvalue weighted by molar-refractivity contribution is 0.591. The minimum absolute atomic E-state index is 0.204. The van der Waals surface area contributed by atoms with Gasteiger partial charge in [-0.3, -0.25) is 0 Å². The summed E-state index contributed by atoms with van der Waals surface area (Å²) in [4.78, 5) is 0.656. The van der Waals surface area contributed by atoms with Gasteiger partial charge < -0.3 is 10.3 Å². The molecule has 0 aliphatic carbocycles. The first-order chi connectivity index (χ1) is 11.5. The third kappa shape index (κ3) is 2.85. The van der Waals surface area contributed by atoms with Crippen LogP contribution in [0.15, 0.2) is 69.4 Å². The van der Waals surface area contributed by atoms with Crippen LogP contribution in [-0.2, 0) is 16.4 Å². The molecule has 4 nitrogen and oxygen atoms in total. The van der Waals surface area contributed by atoms with Crippen molar-refractivity contribution in [3.05, 3.63) is 54.6 Å². The van der Waals surface area contributed by atoms with Crippen molar-refractivity contribution in [3.8, 4) is 0 Å². The summed E-state index contributed by atoms with van der Waals surface area (Å²) >= 11 is 1.39. The molecule has 1 heterocycles. The number of sulfone groups is 1. The normalized spacial score (nSPS) is 13.3. The second-order valence-corrected chi connectivity index (χ2v) is 8.79. The molecular weight excluding hydrogens is 340 g/mol. The minimum Gasteiger partial charge on any atom is -0.335 e. The van der Waals surface area contributed by atoms with Crippen LogP contribution in [0.4, 0.5) is 0 Å². The molecule has 0 bridgehead atoms. The van der Waals surface area contributed by atoms with Gasteiger partial charge in [-0.05, 0) is 32.0 Å². The topological polar surface area (TPSA) is 65.1 Å². The van der Waals surface area contributed by atoms with Gasteiger partial charge in [0.15, 0.2) is 0 Å². The van der Waals surface area contributed by atoms with E-state index in [9.17, 15) is 8.42 Å². The fourth-order valence-corrected chi connectivity index (χ4v) is 5.78. The number of para-hydroxylation sites is 1. The maximum absolute atomic E-state index is 13.3. The number of thioether (sulfide) groups is 1. The molecular formula is C18H20N2O2S2. The molecule has 1 aromatic heterocycles. The average molecular weight is 361 g/mol. The first-order valence-electron chi connectivity index (χ1n) is 7.80. The molecule has 2 N–H and O–H groups in total. The number of rotatable bonds is 5. The van der Waals surface area contributed by atoms with Crippen LogP contribution in [0.1, 0.15) is 13.8 Å². The van der Waals surface area contributed by atoms with Gasteiger partial charge in [0.05, 0.1) is 20.8 Å². The maximum atomic E-state index is 13.3. The smallest absolute Gasteiger partial charge is 0.209 e. The minimum atomic E-state index is -3.63. The lowest BCUT2D eigenvalue weighted by Gasteiger charge is -2.12. The maximum Gasteiger partial charge on any atom is 0.209 e. The van der Waals surface area contributed by atoms with Gasteiger partial charge in [0.1, 0.15) is 4.90 Å². The van der Waals surface area contributed by atoms with Crippen molar-refractivity contribution in [2.24, 2.45) is 5.73 Å². The van der Waals surface area contributed by atoms with E-state index in [2.05, 4.69) is 0 Å². The van der Waals surface area contributed by atoms with Crippen LogP contribution in [0.3, 0.4) is 0 Å². The van der Waals surface area contributed by atoms with Gasteiger partial charge in [-0.2, -0.15) is 0 Å². The molecule has 0 saturated carbocycles. The summed E-state index contributed by atoms with van der Waals surface area (Å²) in [6.45, 7) is 4.55. The molecule has 0 radical (unpaired) electrons. The van der Waals surface area contributed by atoms with E-state index in [1.54, 1.807) is 24.3 Å². The van der Waals surface area contributed by atoms with Crippen LogP contribution in [0, 0.1) is 0 Å². The summed E-state index contributed by atoms with van der Waals surface area (Å²) in [7, 11) is -3.63. The van der Waals surface area contributed by atoms with E-state index >= 15 is 0 Å². The molecule has 2 aromatic carbocycles. The number of benzene rings is 2. The number of hydrogen-bond donors (Lipinski definition) is 1.